The summed E-state index contributed by atoms with van der Waals surface area (Å²) in [7, 11) is 0. The lowest BCUT2D eigenvalue weighted by Gasteiger charge is -2.12. The van der Waals surface area contributed by atoms with E-state index in [0.29, 0.717) is 18.5 Å². The van der Waals surface area contributed by atoms with Crippen LogP contribution in [0.3, 0.4) is 0 Å². The molecule has 0 amide bonds. The van der Waals surface area contributed by atoms with Crippen molar-refractivity contribution in [2.24, 2.45) is 0 Å². The topological polar surface area (TPSA) is 12.0 Å². The van der Waals surface area contributed by atoms with Gasteiger partial charge in [-0.1, -0.05) is 11.6 Å². The standard InChI is InChI=1S/C14H14ClF2NS/c1-9(13-2-3-14(15)19-13)18-5-4-10-6-11(16)8-12(17)7-10/h2-3,6-9,18H,4-5H2,1H3. The van der Waals surface area contributed by atoms with Crippen molar-refractivity contribution in [3.63, 3.8) is 0 Å². The van der Waals surface area contributed by atoms with Crippen LogP contribution in [0.25, 0.3) is 0 Å². The third kappa shape index (κ3) is 4.27. The van der Waals surface area contributed by atoms with E-state index in [1.165, 1.54) is 23.5 Å². The average Bonchev–Trinajstić information content (AvgIpc) is 2.74. The molecule has 0 aliphatic carbocycles. The Hall–Kier alpha value is -0.970. The Kier molecular flexibility index (Phi) is 4.91. The molecule has 19 heavy (non-hydrogen) atoms. The molecule has 0 bridgehead atoms. The van der Waals surface area contributed by atoms with Crippen LogP contribution in [0.5, 0.6) is 0 Å². The number of thiophene rings is 1. The largest absolute Gasteiger partial charge is 0.309 e. The van der Waals surface area contributed by atoms with Gasteiger partial charge in [0.25, 0.3) is 0 Å². The zero-order chi connectivity index (χ0) is 13.8. The normalized spacial score (nSPS) is 12.6. The minimum Gasteiger partial charge on any atom is -0.309 e. The van der Waals surface area contributed by atoms with Crippen molar-refractivity contribution in [3.8, 4) is 0 Å². The van der Waals surface area contributed by atoms with E-state index in [2.05, 4.69) is 5.32 Å². The molecular formula is C14H14ClF2NS. The second-order valence-electron chi connectivity index (χ2n) is 4.35. The summed E-state index contributed by atoms with van der Waals surface area (Å²) in [6.45, 7) is 2.69. The zero-order valence-electron chi connectivity index (χ0n) is 10.4. The predicted molar refractivity (Wildman–Crippen MR) is 75.8 cm³/mol. The Morgan fingerprint density at radius 1 is 1.21 bits per heavy atom. The Labute approximate surface area is 120 Å². The van der Waals surface area contributed by atoms with Gasteiger partial charge in [0.05, 0.1) is 4.34 Å². The summed E-state index contributed by atoms with van der Waals surface area (Å²) in [6.07, 6.45) is 0.581. The molecule has 0 aliphatic rings. The molecule has 0 aliphatic heterocycles. The van der Waals surface area contributed by atoms with Crippen LogP contribution >= 0.6 is 22.9 Å². The molecular weight excluding hydrogens is 288 g/mol. The highest BCUT2D eigenvalue weighted by atomic mass is 35.5. The van der Waals surface area contributed by atoms with E-state index in [9.17, 15) is 8.78 Å². The van der Waals surface area contributed by atoms with Crippen LogP contribution < -0.4 is 5.32 Å². The minimum atomic E-state index is -0.534. The van der Waals surface area contributed by atoms with Gasteiger partial charge in [-0.05, 0) is 49.7 Å². The van der Waals surface area contributed by atoms with Gasteiger partial charge in [0.2, 0.25) is 0 Å². The Morgan fingerprint density at radius 3 is 2.47 bits per heavy atom. The molecule has 0 saturated carbocycles. The van der Waals surface area contributed by atoms with Crippen molar-refractivity contribution in [2.75, 3.05) is 6.54 Å². The van der Waals surface area contributed by atoms with Crippen molar-refractivity contribution in [1.29, 1.82) is 0 Å². The fourth-order valence-electron chi connectivity index (χ4n) is 1.85. The van der Waals surface area contributed by atoms with E-state index in [1.54, 1.807) is 0 Å². The summed E-state index contributed by atoms with van der Waals surface area (Å²) in [4.78, 5) is 1.15. The van der Waals surface area contributed by atoms with Crippen LogP contribution in [0.4, 0.5) is 8.78 Å². The first-order chi connectivity index (χ1) is 9.04. The Morgan fingerprint density at radius 2 is 1.89 bits per heavy atom. The molecule has 0 spiro atoms. The summed E-state index contributed by atoms with van der Waals surface area (Å²) in [5.74, 6) is -1.07. The maximum Gasteiger partial charge on any atom is 0.126 e. The van der Waals surface area contributed by atoms with Crippen molar-refractivity contribution in [2.45, 2.75) is 19.4 Å². The first kappa shape index (κ1) is 14.4. The molecule has 0 saturated heterocycles. The van der Waals surface area contributed by atoms with Crippen molar-refractivity contribution in [1.82, 2.24) is 5.32 Å². The number of halogens is 3. The van der Waals surface area contributed by atoms with Gasteiger partial charge in [-0.25, -0.2) is 8.78 Å². The van der Waals surface area contributed by atoms with Gasteiger partial charge in [0.15, 0.2) is 0 Å². The van der Waals surface area contributed by atoms with Gasteiger partial charge >= 0.3 is 0 Å². The predicted octanol–water partition coefficient (Wildman–Crippen LogP) is 4.57. The summed E-state index contributed by atoms with van der Waals surface area (Å²) in [6, 6.07) is 7.62. The molecule has 2 aromatic rings. The third-order valence-corrected chi connectivity index (χ3v) is 4.22. The fraction of sp³-hybridized carbons (Fsp3) is 0.286. The van der Waals surface area contributed by atoms with Crippen molar-refractivity contribution in [3.05, 3.63) is 56.7 Å². The minimum absolute atomic E-state index is 0.177. The summed E-state index contributed by atoms with van der Waals surface area (Å²) >= 11 is 7.41. The summed E-state index contributed by atoms with van der Waals surface area (Å²) < 4.78 is 26.8. The lowest BCUT2D eigenvalue weighted by atomic mass is 10.1. The third-order valence-electron chi connectivity index (χ3n) is 2.81. The quantitative estimate of drug-likeness (QED) is 0.853. The Balaban J connectivity index is 1.86. The molecule has 0 radical (unpaired) electrons. The molecule has 1 atom stereocenters. The first-order valence-corrected chi connectivity index (χ1v) is 7.17. The highest BCUT2D eigenvalue weighted by molar-refractivity contribution is 7.16. The van der Waals surface area contributed by atoms with Gasteiger partial charge < -0.3 is 5.32 Å². The molecule has 5 heteroatoms. The number of hydrogen-bond donors (Lipinski definition) is 1. The van der Waals surface area contributed by atoms with E-state index in [-0.39, 0.29) is 6.04 Å². The van der Waals surface area contributed by atoms with Gasteiger partial charge in [0, 0.05) is 17.0 Å². The molecule has 1 unspecified atom stereocenters. The molecule has 1 aromatic heterocycles. The monoisotopic (exact) mass is 301 g/mol. The van der Waals surface area contributed by atoms with E-state index >= 15 is 0 Å². The van der Waals surface area contributed by atoms with E-state index < -0.39 is 11.6 Å². The van der Waals surface area contributed by atoms with Crippen LogP contribution in [0.2, 0.25) is 4.34 Å². The van der Waals surface area contributed by atoms with E-state index in [4.69, 9.17) is 11.6 Å². The summed E-state index contributed by atoms with van der Waals surface area (Å²) in [5, 5.41) is 3.31. The van der Waals surface area contributed by atoms with Gasteiger partial charge in [-0.3, -0.25) is 0 Å². The van der Waals surface area contributed by atoms with Crippen molar-refractivity contribution >= 4 is 22.9 Å². The lowest BCUT2D eigenvalue weighted by molar-refractivity contribution is 0.567. The fourth-order valence-corrected chi connectivity index (χ4v) is 2.94. The average molecular weight is 302 g/mol. The van der Waals surface area contributed by atoms with Crippen LogP contribution in [-0.2, 0) is 6.42 Å². The van der Waals surface area contributed by atoms with Gasteiger partial charge in [-0.15, -0.1) is 11.3 Å². The molecule has 1 aromatic carbocycles. The molecule has 0 fully saturated rings. The highest BCUT2D eigenvalue weighted by Crippen LogP contribution is 2.26. The molecule has 2 rings (SSSR count). The van der Waals surface area contributed by atoms with Gasteiger partial charge in [0.1, 0.15) is 11.6 Å². The number of nitrogens with one attached hydrogen (secondary N) is 1. The maximum absolute atomic E-state index is 13.0. The zero-order valence-corrected chi connectivity index (χ0v) is 12.0. The number of benzene rings is 1. The maximum atomic E-state index is 13.0. The highest BCUT2D eigenvalue weighted by Gasteiger charge is 2.07. The summed E-state index contributed by atoms with van der Waals surface area (Å²) in [5.41, 5.74) is 0.654. The molecule has 1 heterocycles. The Bertz CT molecular complexity index is 536. The second-order valence-corrected chi connectivity index (χ2v) is 6.09. The lowest BCUT2D eigenvalue weighted by Crippen LogP contribution is -2.20. The first-order valence-electron chi connectivity index (χ1n) is 5.98. The van der Waals surface area contributed by atoms with Crippen LogP contribution in [0, 0.1) is 11.6 Å². The number of rotatable bonds is 5. The van der Waals surface area contributed by atoms with E-state index in [0.717, 1.165) is 15.3 Å². The van der Waals surface area contributed by atoms with Gasteiger partial charge in [-0.2, -0.15) is 0 Å². The van der Waals surface area contributed by atoms with E-state index in [1.807, 2.05) is 19.1 Å². The SMILES string of the molecule is CC(NCCc1cc(F)cc(F)c1)c1ccc(Cl)s1. The number of hydrogen-bond acceptors (Lipinski definition) is 2. The van der Waals surface area contributed by atoms with Crippen LogP contribution in [-0.4, -0.2) is 6.54 Å². The molecule has 102 valence electrons. The second kappa shape index (κ2) is 6.46. The molecule has 1 nitrogen and oxygen atoms in total. The van der Waals surface area contributed by atoms with Crippen LogP contribution in [0.15, 0.2) is 30.3 Å². The smallest absolute Gasteiger partial charge is 0.126 e. The van der Waals surface area contributed by atoms with Crippen molar-refractivity contribution < 1.29 is 8.78 Å². The molecule has 1 N–H and O–H groups in total. The van der Waals surface area contributed by atoms with Crippen LogP contribution in [0.1, 0.15) is 23.4 Å².